The monoisotopic (exact) mass is 287 g/mol. The summed E-state index contributed by atoms with van der Waals surface area (Å²) in [4.78, 5) is 12.8. The average Bonchev–Trinajstić information content (AvgIpc) is 2.71. The molecule has 1 aromatic rings. The van der Waals surface area contributed by atoms with Gasteiger partial charge in [0, 0.05) is 32.6 Å². The van der Waals surface area contributed by atoms with Gasteiger partial charge in [-0.1, -0.05) is 13.8 Å². The molecule has 1 aliphatic heterocycles. The highest BCUT2D eigenvalue weighted by Crippen LogP contribution is 2.41. The van der Waals surface area contributed by atoms with Crippen molar-refractivity contribution in [1.29, 1.82) is 0 Å². The Morgan fingerprint density at radius 3 is 3.00 bits per heavy atom. The van der Waals surface area contributed by atoms with E-state index in [4.69, 9.17) is 0 Å². The Hall–Kier alpha value is -0.350. The second-order valence-corrected chi connectivity index (χ2v) is 6.08. The predicted octanol–water partition coefficient (Wildman–Crippen LogP) is 3.07. The van der Waals surface area contributed by atoms with Crippen molar-refractivity contribution in [1.82, 2.24) is 5.32 Å². The molecule has 82 valence electrons. The van der Waals surface area contributed by atoms with Crippen molar-refractivity contribution >= 4 is 33.2 Å². The Morgan fingerprint density at radius 1 is 1.73 bits per heavy atom. The standard InChI is InChI=1S/C11H14BrNOS/c1-3-8-11(2,5-10(14)13-8)9-4-7(12)6-15-9/h4,6,8H,3,5H2,1-2H3,(H,13,14). The number of amides is 1. The Morgan fingerprint density at radius 2 is 2.47 bits per heavy atom. The molecule has 1 amide bonds. The third kappa shape index (κ3) is 1.85. The Kier molecular flexibility index (Phi) is 2.90. The van der Waals surface area contributed by atoms with Crippen LogP contribution in [0.25, 0.3) is 0 Å². The van der Waals surface area contributed by atoms with Crippen LogP contribution in [0.4, 0.5) is 0 Å². The summed E-state index contributed by atoms with van der Waals surface area (Å²) in [5.74, 6) is 0.175. The average molecular weight is 288 g/mol. The van der Waals surface area contributed by atoms with Crippen LogP contribution in [-0.4, -0.2) is 11.9 Å². The minimum Gasteiger partial charge on any atom is -0.352 e. The highest BCUT2D eigenvalue weighted by molar-refractivity contribution is 9.10. The van der Waals surface area contributed by atoms with Gasteiger partial charge in [0.1, 0.15) is 0 Å². The lowest BCUT2D eigenvalue weighted by Gasteiger charge is -2.28. The fraction of sp³-hybridized carbons (Fsp3) is 0.545. The summed E-state index contributed by atoms with van der Waals surface area (Å²) >= 11 is 5.19. The fourth-order valence-electron chi connectivity index (χ4n) is 2.29. The minimum atomic E-state index is -0.0253. The lowest BCUT2D eigenvalue weighted by molar-refractivity contribution is -0.119. The maximum atomic E-state index is 11.5. The molecule has 2 nitrogen and oxygen atoms in total. The molecular weight excluding hydrogens is 274 g/mol. The van der Waals surface area contributed by atoms with Crippen molar-refractivity contribution in [3.8, 4) is 0 Å². The molecule has 4 heteroatoms. The fourth-order valence-corrected chi connectivity index (χ4v) is 3.93. The van der Waals surface area contributed by atoms with Gasteiger partial charge in [-0.15, -0.1) is 11.3 Å². The van der Waals surface area contributed by atoms with E-state index in [0.29, 0.717) is 6.42 Å². The zero-order valence-corrected chi connectivity index (χ0v) is 11.2. The smallest absolute Gasteiger partial charge is 0.221 e. The van der Waals surface area contributed by atoms with Crippen molar-refractivity contribution in [2.45, 2.75) is 38.1 Å². The van der Waals surface area contributed by atoms with Crippen LogP contribution in [0.3, 0.4) is 0 Å². The van der Waals surface area contributed by atoms with Crippen LogP contribution in [0.1, 0.15) is 31.6 Å². The van der Waals surface area contributed by atoms with Crippen LogP contribution in [0, 0.1) is 0 Å². The van der Waals surface area contributed by atoms with Gasteiger partial charge in [-0.3, -0.25) is 4.79 Å². The zero-order valence-electron chi connectivity index (χ0n) is 8.84. The van der Waals surface area contributed by atoms with Gasteiger partial charge in [-0.25, -0.2) is 0 Å². The van der Waals surface area contributed by atoms with E-state index in [1.54, 1.807) is 11.3 Å². The van der Waals surface area contributed by atoms with Crippen molar-refractivity contribution in [2.24, 2.45) is 0 Å². The molecule has 0 bridgehead atoms. The molecule has 15 heavy (non-hydrogen) atoms. The van der Waals surface area contributed by atoms with Gasteiger partial charge >= 0.3 is 0 Å². The number of hydrogen-bond acceptors (Lipinski definition) is 2. The van der Waals surface area contributed by atoms with Gasteiger partial charge in [-0.05, 0) is 28.4 Å². The van der Waals surface area contributed by atoms with E-state index in [1.807, 2.05) is 0 Å². The van der Waals surface area contributed by atoms with Crippen molar-refractivity contribution in [2.75, 3.05) is 0 Å². The van der Waals surface area contributed by atoms with Crippen LogP contribution in [0.5, 0.6) is 0 Å². The van der Waals surface area contributed by atoms with E-state index >= 15 is 0 Å². The maximum Gasteiger partial charge on any atom is 0.221 e. The molecule has 2 unspecified atom stereocenters. The third-order valence-electron chi connectivity index (χ3n) is 3.17. The van der Waals surface area contributed by atoms with Gasteiger partial charge in [0.25, 0.3) is 0 Å². The normalized spacial score (nSPS) is 30.6. The summed E-state index contributed by atoms with van der Waals surface area (Å²) in [6, 6.07) is 2.41. The molecule has 0 aliphatic carbocycles. The second kappa shape index (κ2) is 3.91. The SMILES string of the molecule is CCC1NC(=O)CC1(C)c1cc(Br)cs1. The van der Waals surface area contributed by atoms with E-state index in [-0.39, 0.29) is 17.4 Å². The first-order chi connectivity index (χ1) is 7.06. The summed E-state index contributed by atoms with van der Waals surface area (Å²) < 4.78 is 1.11. The number of thiophene rings is 1. The van der Waals surface area contributed by atoms with Crippen LogP contribution in [0.15, 0.2) is 15.9 Å². The largest absolute Gasteiger partial charge is 0.352 e. The molecule has 1 fully saturated rings. The number of carbonyl (C=O) groups is 1. The van der Waals surface area contributed by atoms with Gasteiger partial charge in [0.15, 0.2) is 0 Å². The quantitative estimate of drug-likeness (QED) is 0.890. The molecular formula is C11H14BrNOS. The molecule has 0 saturated carbocycles. The number of rotatable bonds is 2. The molecule has 2 rings (SSSR count). The molecule has 0 radical (unpaired) electrons. The number of carbonyl (C=O) groups excluding carboxylic acids is 1. The third-order valence-corrected chi connectivity index (χ3v) is 5.14. The van der Waals surface area contributed by atoms with E-state index in [1.165, 1.54) is 4.88 Å². The molecule has 0 aromatic carbocycles. The first kappa shape index (κ1) is 11.1. The second-order valence-electron chi connectivity index (χ2n) is 4.25. The molecule has 0 spiro atoms. The van der Waals surface area contributed by atoms with Gasteiger partial charge in [0.2, 0.25) is 5.91 Å². The topological polar surface area (TPSA) is 29.1 Å². The summed E-state index contributed by atoms with van der Waals surface area (Å²) in [7, 11) is 0. The van der Waals surface area contributed by atoms with Gasteiger partial charge < -0.3 is 5.32 Å². The molecule has 1 N–H and O–H groups in total. The Labute approximate surface area is 102 Å². The highest BCUT2D eigenvalue weighted by atomic mass is 79.9. The first-order valence-electron chi connectivity index (χ1n) is 5.10. The summed E-state index contributed by atoms with van der Waals surface area (Å²) in [5, 5.41) is 5.13. The summed E-state index contributed by atoms with van der Waals surface area (Å²) in [5.41, 5.74) is -0.0253. The summed E-state index contributed by atoms with van der Waals surface area (Å²) in [6.45, 7) is 4.30. The van der Waals surface area contributed by atoms with E-state index < -0.39 is 0 Å². The van der Waals surface area contributed by atoms with E-state index in [0.717, 1.165) is 10.9 Å². The van der Waals surface area contributed by atoms with Crippen molar-refractivity contribution < 1.29 is 4.79 Å². The lowest BCUT2D eigenvalue weighted by atomic mass is 9.80. The Balaban J connectivity index is 2.36. The summed E-state index contributed by atoms with van der Waals surface area (Å²) in [6.07, 6.45) is 1.59. The van der Waals surface area contributed by atoms with Crippen LogP contribution >= 0.6 is 27.3 Å². The number of hydrogen-bond donors (Lipinski definition) is 1. The van der Waals surface area contributed by atoms with Crippen LogP contribution in [-0.2, 0) is 10.2 Å². The maximum absolute atomic E-state index is 11.5. The lowest BCUT2D eigenvalue weighted by Crippen LogP contribution is -2.37. The zero-order chi connectivity index (χ0) is 11.1. The molecule has 1 aliphatic rings. The van der Waals surface area contributed by atoms with E-state index in [2.05, 4.69) is 46.5 Å². The molecule has 1 aromatic heterocycles. The van der Waals surface area contributed by atoms with E-state index in [9.17, 15) is 4.79 Å². The molecule has 2 heterocycles. The van der Waals surface area contributed by atoms with Crippen LogP contribution < -0.4 is 5.32 Å². The number of halogens is 1. The first-order valence-corrected chi connectivity index (χ1v) is 6.77. The minimum absolute atomic E-state index is 0.0253. The number of nitrogens with one attached hydrogen (secondary N) is 1. The molecule has 2 atom stereocenters. The molecule has 1 saturated heterocycles. The van der Waals surface area contributed by atoms with Crippen molar-refractivity contribution in [3.05, 3.63) is 20.8 Å². The Bertz CT molecular complexity index is 390. The van der Waals surface area contributed by atoms with Gasteiger partial charge in [-0.2, -0.15) is 0 Å². The van der Waals surface area contributed by atoms with Crippen molar-refractivity contribution in [3.63, 3.8) is 0 Å². The van der Waals surface area contributed by atoms with Gasteiger partial charge in [0.05, 0.1) is 0 Å². The van der Waals surface area contributed by atoms with Crippen LogP contribution in [0.2, 0.25) is 0 Å². The predicted molar refractivity (Wildman–Crippen MR) is 66.2 cm³/mol. The highest BCUT2D eigenvalue weighted by Gasteiger charge is 2.44.